The maximum atomic E-state index is 6.05. The molecule has 0 aliphatic rings. The van der Waals surface area contributed by atoms with Gasteiger partial charge in [-0.1, -0.05) is 31.5 Å². The largest absolute Gasteiger partial charge is 0.393 e. The Balaban J connectivity index is 2.15. The van der Waals surface area contributed by atoms with Gasteiger partial charge in [0.05, 0.1) is 12.2 Å². The van der Waals surface area contributed by atoms with Crippen molar-refractivity contribution >= 4 is 23.1 Å². The Labute approximate surface area is 123 Å². The van der Waals surface area contributed by atoms with Crippen molar-refractivity contribution in [2.45, 2.75) is 26.8 Å². The molecule has 0 fully saturated rings. The molecule has 106 valence electrons. The number of halogens is 1. The predicted molar refractivity (Wildman–Crippen MR) is 81.6 cm³/mol. The lowest BCUT2D eigenvalue weighted by Crippen LogP contribution is -2.10. The van der Waals surface area contributed by atoms with Gasteiger partial charge in [-0.05, 0) is 18.1 Å². The Bertz CT molecular complexity index is 571. The van der Waals surface area contributed by atoms with Crippen molar-refractivity contribution in [3.63, 3.8) is 0 Å². The molecule has 0 amide bonds. The van der Waals surface area contributed by atoms with Gasteiger partial charge in [-0.3, -0.25) is 4.98 Å². The van der Waals surface area contributed by atoms with Crippen molar-refractivity contribution in [3.05, 3.63) is 41.1 Å². The number of nitrogens with one attached hydrogen (secondary N) is 1. The standard InChI is InChI=1S/C14H18ClN5/c1-9(2)7-11-19-13(15)12(16)14(20-11)18-8-10-5-3-4-6-17-10/h3-6,9H,7-8,16H2,1-2H3,(H,18,19,20). The fourth-order valence-corrected chi connectivity index (χ4v) is 1.94. The molecule has 0 saturated carbocycles. The summed E-state index contributed by atoms with van der Waals surface area (Å²) in [6.07, 6.45) is 2.51. The number of rotatable bonds is 5. The lowest BCUT2D eigenvalue weighted by Gasteiger charge is -2.11. The monoisotopic (exact) mass is 291 g/mol. The van der Waals surface area contributed by atoms with Crippen LogP contribution in [-0.4, -0.2) is 15.0 Å². The van der Waals surface area contributed by atoms with Crippen molar-refractivity contribution in [3.8, 4) is 0 Å². The summed E-state index contributed by atoms with van der Waals surface area (Å²) in [6, 6.07) is 5.74. The molecule has 0 atom stereocenters. The zero-order valence-corrected chi connectivity index (χ0v) is 12.4. The number of anilines is 2. The van der Waals surface area contributed by atoms with Gasteiger partial charge in [0.2, 0.25) is 0 Å². The van der Waals surface area contributed by atoms with Crippen LogP contribution in [0.3, 0.4) is 0 Å². The molecular formula is C14H18ClN5. The second kappa shape index (κ2) is 6.52. The molecule has 2 heterocycles. The van der Waals surface area contributed by atoms with Crippen molar-refractivity contribution in [1.82, 2.24) is 15.0 Å². The molecule has 0 spiro atoms. The zero-order chi connectivity index (χ0) is 14.5. The van der Waals surface area contributed by atoms with Crippen LogP contribution >= 0.6 is 11.6 Å². The van der Waals surface area contributed by atoms with E-state index in [2.05, 4.69) is 34.1 Å². The lowest BCUT2D eigenvalue weighted by molar-refractivity contribution is 0.621. The van der Waals surface area contributed by atoms with E-state index >= 15 is 0 Å². The Morgan fingerprint density at radius 2 is 2.10 bits per heavy atom. The maximum Gasteiger partial charge on any atom is 0.157 e. The summed E-state index contributed by atoms with van der Waals surface area (Å²) in [5, 5.41) is 3.45. The topological polar surface area (TPSA) is 76.7 Å². The summed E-state index contributed by atoms with van der Waals surface area (Å²) in [5.41, 5.74) is 7.19. The summed E-state index contributed by atoms with van der Waals surface area (Å²) in [6.45, 7) is 4.75. The molecule has 0 bridgehead atoms. The first-order chi connectivity index (χ1) is 9.56. The number of nitrogens with zero attached hydrogens (tertiary/aromatic N) is 3. The van der Waals surface area contributed by atoms with Crippen molar-refractivity contribution in [2.24, 2.45) is 5.92 Å². The summed E-state index contributed by atoms with van der Waals surface area (Å²) in [4.78, 5) is 12.9. The van der Waals surface area contributed by atoms with E-state index in [4.69, 9.17) is 17.3 Å². The van der Waals surface area contributed by atoms with Gasteiger partial charge in [0.1, 0.15) is 11.5 Å². The molecule has 20 heavy (non-hydrogen) atoms. The van der Waals surface area contributed by atoms with Crippen LogP contribution in [-0.2, 0) is 13.0 Å². The molecular weight excluding hydrogens is 274 g/mol. The number of pyridine rings is 1. The van der Waals surface area contributed by atoms with Crippen molar-refractivity contribution in [2.75, 3.05) is 11.1 Å². The van der Waals surface area contributed by atoms with Gasteiger partial charge >= 0.3 is 0 Å². The van der Waals surface area contributed by atoms with Crippen LogP contribution in [0.4, 0.5) is 11.5 Å². The van der Waals surface area contributed by atoms with E-state index in [9.17, 15) is 0 Å². The van der Waals surface area contributed by atoms with Crippen LogP contribution in [0.2, 0.25) is 5.15 Å². The molecule has 2 aromatic rings. The van der Waals surface area contributed by atoms with Crippen LogP contribution in [0.5, 0.6) is 0 Å². The van der Waals surface area contributed by atoms with E-state index in [0.717, 1.165) is 12.1 Å². The smallest absolute Gasteiger partial charge is 0.157 e. The van der Waals surface area contributed by atoms with E-state index in [0.29, 0.717) is 34.9 Å². The van der Waals surface area contributed by atoms with Crippen LogP contribution in [0.25, 0.3) is 0 Å². The molecule has 0 radical (unpaired) electrons. The van der Waals surface area contributed by atoms with E-state index < -0.39 is 0 Å². The first-order valence-electron chi connectivity index (χ1n) is 6.52. The van der Waals surface area contributed by atoms with Crippen LogP contribution < -0.4 is 11.1 Å². The minimum absolute atomic E-state index is 0.291. The van der Waals surface area contributed by atoms with Gasteiger partial charge in [-0.2, -0.15) is 0 Å². The Hall–Kier alpha value is -1.88. The number of aromatic nitrogens is 3. The molecule has 0 aliphatic heterocycles. The fourth-order valence-electron chi connectivity index (χ4n) is 1.75. The molecule has 5 nitrogen and oxygen atoms in total. The number of nitrogens with two attached hydrogens (primary N) is 1. The lowest BCUT2D eigenvalue weighted by atomic mass is 10.1. The molecule has 0 aromatic carbocycles. The average molecular weight is 292 g/mol. The Morgan fingerprint density at radius 1 is 1.30 bits per heavy atom. The first-order valence-corrected chi connectivity index (χ1v) is 6.89. The van der Waals surface area contributed by atoms with E-state index in [1.807, 2.05) is 18.2 Å². The van der Waals surface area contributed by atoms with Crippen LogP contribution in [0.1, 0.15) is 25.4 Å². The molecule has 2 rings (SSSR count). The number of hydrogen-bond acceptors (Lipinski definition) is 5. The molecule has 3 N–H and O–H groups in total. The normalized spacial score (nSPS) is 10.8. The third kappa shape index (κ3) is 3.81. The Kier molecular flexibility index (Phi) is 4.74. The highest BCUT2D eigenvalue weighted by molar-refractivity contribution is 6.32. The summed E-state index contributed by atoms with van der Waals surface area (Å²) >= 11 is 6.05. The number of hydrogen-bond donors (Lipinski definition) is 2. The molecule has 2 aromatic heterocycles. The van der Waals surface area contributed by atoms with Crippen molar-refractivity contribution < 1.29 is 0 Å². The van der Waals surface area contributed by atoms with Gasteiger partial charge in [0.25, 0.3) is 0 Å². The van der Waals surface area contributed by atoms with Gasteiger partial charge in [0.15, 0.2) is 11.0 Å². The highest BCUT2D eigenvalue weighted by atomic mass is 35.5. The SMILES string of the molecule is CC(C)Cc1nc(Cl)c(N)c(NCc2ccccn2)n1. The van der Waals surface area contributed by atoms with E-state index in [1.54, 1.807) is 6.20 Å². The third-order valence-corrected chi connectivity index (χ3v) is 2.99. The maximum absolute atomic E-state index is 6.05. The van der Waals surface area contributed by atoms with Gasteiger partial charge < -0.3 is 11.1 Å². The molecule has 0 unspecified atom stereocenters. The minimum Gasteiger partial charge on any atom is -0.393 e. The molecule has 0 saturated heterocycles. The Morgan fingerprint density at radius 3 is 2.75 bits per heavy atom. The summed E-state index contributed by atoms with van der Waals surface area (Å²) in [5.74, 6) is 1.72. The second-order valence-electron chi connectivity index (χ2n) is 4.97. The summed E-state index contributed by atoms with van der Waals surface area (Å²) < 4.78 is 0. The highest BCUT2D eigenvalue weighted by Gasteiger charge is 2.11. The predicted octanol–water partition coefficient (Wildman–Crippen LogP) is 2.92. The van der Waals surface area contributed by atoms with Crippen LogP contribution in [0.15, 0.2) is 24.4 Å². The summed E-state index contributed by atoms with van der Waals surface area (Å²) in [7, 11) is 0. The van der Waals surface area contributed by atoms with E-state index in [1.165, 1.54) is 0 Å². The second-order valence-corrected chi connectivity index (χ2v) is 5.32. The number of nitrogen functional groups attached to an aromatic ring is 1. The highest BCUT2D eigenvalue weighted by Crippen LogP contribution is 2.24. The fraction of sp³-hybridized carbons (Fsp3) is 0.357. The van der Waals surface area contributed by atoms with Gasteiger partial charge in [-0.25, -0.2) is 9.97 Å². The van der Waals surface area contributed by atoms with E-state index in [-0.39, 0.29) is 0 Å². The van der Waals surface area contributed by atoms with Crippen LogP contribution in [0, 0.1) is 5.92 Å². The third-order valence-electron chi connectivity index (χ3n) is 2.70. The quantitative estimate of drug-likeness (QED) is 0.828. The molecule has 6 heteroatoms. The van der Waals surface area contributed by atoms with Gasteiger partial charge in [0, 0.05) is 12.6 Å². The average Bonchev–Trinajstić information content (AvgIpc) is 2.41. The zero-order valence-electron chi connectivity index (χ0n) is 11.6. The first kappa shape index (κ1) is 14.5. The van der Waals surface area contributed by atoms with Gasteiger partial charge in [-0.15, -0.1) is 0 Å². The minimum atomic E-state index is 0.291. The molecule has 0 aliphatic carbocycles. The van der Waals surface area contributed by atoms with Crippen molar-refractivity contribution in [1.29, 1.82) is 0 Å².